The Morgan fingerprint density at radius 2 is 1.78 bits per heavy atom. The van der Waals surface area contributed by atoms with Crippen LogP contribution >= 0.6 is 0 Å². The van der Waals surface area contributed by atoms with Crippen LogP contribution in [0.3, 0.4) is 0 Å². The topological polar surface area (TPSA) is 18.5 Å². The molecule has 1 aliphatic rings. The van der Waals surface area contributed by atoms with Crippen molar-refractivity contribution in [3.05, 3.63) is 59.7 Å². The number of hydrogen-bond acceptors (Lipinski definition) is 2. The van der Waals surface area contributed by atoms with Crippen LogP contribution in [0, 0.1) is 0 Å². The Morgan fingerprint density at radius 1 is 1.06 bits per heavy atom. The lowest BCUT2D eigenvalue weighted by Gasteiger charge is -2.15. The van der Waals surface area contributed by atoms with Crippen LogP contribution in [-0.2, 0) is 11.2 Å². The number of ether oxygens (including phenoxy) is 2. The fraction of sp³-hybridized carbons (Fsp3) is 0.250. The second-order valence-corrected chi connectivity index (χ2v) is 4.60. The van der Waals surface area contributed by atoms with Crippen molar-refractivity contribution in [2.45, 2.75) is 12.3 Å². The predicted molar refractivity (Wildman–Crippen MR) is 71.3 cm³/mol. The number of fused-ring (bicyclic) bond motifs is 2. The van der Waals surface area contributed by atoms with Crippen molar-refractivity contribution >= 4 is 0 Å². The largest absolute Gasteiger partial charge is 0.457 e. The maximum absolute atomic E-state index is 6.02. The van der Waals surface area contributed by atoms with E-state index in [1.54, 1.807) is 7.11 Å². The number of rotatable bonds is 2. The molecule has 92 valence electrons. The minimum Gasteiger partial charge on any atom is -0.457 e. The summed E-state index contributed by atoms with van der Waals surface area (Å²) < 4.78 is 11.4. The highest BCUT2D eigenvalue weighted by molar-refractivity contribution is 5.46. The van der Waals surface area contributed by atoms with E-state index in [0.717, 1.165) is 17.9 Å². The fourth-order valence-electron chi connectivity index (χ4n) is 2.53. The van der Waals surface area contributed by atoms with Gasteiger partial charge in [-0.05, 0) is 24.1 Å². The van der Waals surface area contributed by atoms with Gasteiger partial charge in [0, 0.05) is 18.6 Å². The van der Waals surface area contributed by atoms with Crippen molar-refractivity contribution < 1.29 is 9.47 Å². The summed E-state index contributed by atoms with van der Waals surface area (Å²) in [5.41, 5.74) is 2.48. The second kappa shape index (κ2) is 4.83. The van der Waals surface area contributed by atoms with Crippen LogP contribution < -0.4 is 4.74 Å². The molecule has 1 atom stereocenters. The molecule has 0 amide bonds. The monoisotopic (exact) mass is 240 g/mol. The summed E-state index contributed by atoms with van der Waals surface area (Å²) in [5, 5.41) is 0. The molecule has 0 aliphatic carbocycles. The summed E-state index contributed by atoms with van der Waals surface area (Å²) in [6.45, 7) is 0.717. The standard InChI is InChI=1S/C16H16O2/c1-17-11-13-10-12-6-2-4-8-15(12)18-16-9-5-3-7-14(13)16/h2-9,13H,10-11H2,1H3. The lowest BCUT2D eigenvalue weighted by molar-refractivity contribution is 0.179. The Labute approximate surface area is 107 Å². The number of para-hydroxylation sites is 2. The molecule has 18 heavy (non-hydrogen) atoms. The summed E-state index contributed by atoms with van der Waals surface area (Å²) >= 11 is 0. The van der Waals surface area contributed by atoms with Crippen LogP contribution in [0.1, 0.15) is 17.0 Å². The molecule has 1 unspecified atom stereocenters. The summed E-state index contributed by atoms with van der Waals surface area (Å²) in [4.78, 5) is 0. The van der Waals surface area contributed by atoms with Gasteiger partial charge in [0.25, 0.3) is 0 Å². The molecule has 1 aliphatic heterocycles. The number of benzene rings is 2. The van der Waals surface area contributed by atoms with E-state index in [1.807, 2.05) is 24.3 Å². The Morgan fingerprint density at radius 3 is 2.61 bits per heavy atom. The summed E-state index contributed by atoms with van der Waals surface area (Å²) in [6.07, 6.45) is 0.959. The highest BCUT2D eigenvalue weighted by Gasteiger charge is 2.22. The third-order valence-electron chi connectivity index (χ3n) is 3.39. The van der Waals surface area contributed by atoms with E-state index >= 15 is 0 Å². The molecule has 2 aromatic carbocycles. The second-order valence-electron chi connectivity index (χ2n) is 4.60. The molecule has 0 saturated heterocycles. The van der Waals surface area contributed by atoms with Gasteiger partial charge in [0.05, 0.1) is 6.61 Å². The van der Waals surface area contributed by atoms with E-state index in [9.17, 15) is 0 Å². The normalized spacial score (nSPS) is 17.3. The van der Waals surface area contributed by atoms with Gasteiger partial charge in [-0.3, -0.25) is 0 Å². The van der Waals surface area contributed by atoms with Crippen molar-refractivity contribution in [2.75, 3.05) is 13.7 Å². The minimum atomic E-state index is 0.356. The molecule has 0 spiro atoms. The van der Waals surface area contributed by atoms with Gasteiger partial charge in [-0.1, -0.05) is 36.4 Å². The van der Waals surface area contributed by atoms with E-state index in [-0.39, 0.29) is 0 Å². The first kappa shape index (κ1) is 11.3. The zero-order valence-electron chi connectivity index (χ0n) is 10.4. The Hall–Kier alpha value is -1.80. The van der Waals surface area contributed by atoms with E-state index in [0.29, 0.717) is 12.5 Å². The number of hydrogen-bond donors (Lipinski definition) is 0. The molecule has 0 saturated carbocycles. The van der Waals surface area contributed by atoms with Gasteiger partial charge in [-0.25, -0.2) is 0 Å². The zero-order chi connectivity index (χ0) is 12.4. The third kappa shape index (κ3) is 2.00. The van der Waals surface area contributed by atoms with Crippen molar-refractivity contribution in [1.82, 2.24) is 0 Å². The Balaban J connectivity index is 2.08. The predicted octanol–water partition coefficient (Wildman–Crippen LogP) is 3.77. The molecule has 1 heterocycles. The average Bonchev–Trinajstić information content (AvgIpc) is 2.56. The maximum Gasteiger partial charge on any atom is 0.131 e. The molecular weight excluding hydrogens is 224 g/mol. The molecule has 0 aromatic heterocycles. The minimum absolute atomic E-state index is 0.356. The van der Waals surface area contributed by atoms with Crippen LogP contribution in [0.5, 0.6) is 11.5 Å². The summed E-state index contributed by atoms with van der Waals surface area (Å²) in [6, 6.07) is 16.5. The first-order valence-electron chi connectivity index (χ1n) is 6.22. The van der Waals surface area contributed by atoms with Gasteiger partial charge in [0.2, 0.25) is 0 Å². The van der Waals surface area contributed by atoms with Crippen LogP contribution in [-0.4, -0.2) is 13.7 Å². The first-order chi connectivity index (χ1) is 8.88. The van der Waals surface area contributed by atoms with Gasteiger partial charge in [0.1, 0.15) is 11.5 Å². The summed E-state index contributed by atoms with van der Waals surface area (Å²) in [7, 11) is 1.75. The van der Waals surface area contributed by atoms with Crippen molar-refractivity contribution in [3.8, 4) is 11.5 Å². The molecule has 0 fully saturated rings. The molecule has 3 rings (SSSR count). The van der Waals surface area contributed by atoms with Gasteiger partial charge >= 0.3 is 0 Å². The highest BCUT2D eigenvalue weighted by atomic mass is 16.5. The van der Waals surface area contributed by atoms with Gasteiger partial charge in [-0.15, -0.1) is 0 Å². The van der Waals surface area contributed by atoms with E-state index in [2.05, 4.69) is 24.3 Å². The smallest absolute Gasteiger partial charge is 0.131 e. The van der Waals surface area contributed by atoms with Gasteiger partial charge in [-0.2, -0.15) is 0 Å². The number of methoxy groups -OCH3 is 1. The first-order valence-corrected chi connectivity index (χ1v) is 6.22. The quantitative estimate of drug-likeness (QED) is 0.795. The van der Waals surface area contributed by atoms with Gasteiger partial charge < -0.3 is 9.47 Å². The lowest BCUT2D eigenvalue weighted by atomic mass is 9.93. The molecule has 0 bridgehead atoms. The lowest BCUT2D eigenvalue weighted by Crippen LogP contribution is -2.08. The van der Waals surface area contributed by atoms with Gasteiger partial charge in [0.15, 0.2) is 0 Å². The van der Waals surface area contributed by atoms with Crippen molar-refractivity contribution in [1.29, 1.82) is 0 Å². The Kier molecular flexibility index (Phi) is 3.03. The van der Waals surface area contributed by atoms with Crippen molar-refractivity contribution in [3.63, 3.8) is 0 Å². The van der Waals surface area contributed by atoms with Crippen LogP contribution in [0.25, 0.3) is 0 Å². The molecule has 0 N–H and O–H groups in total. The highest BCUT2D eigenvalue weighted by Crippen LogP contribution is 2.39. The molecule has 2 heteroatoms. The van der Waals surface area contributed by atoms with E-state index in [1.165, 1.54) is 11.1 Å². The van der Waals surface area contributed by atoms with E-state index in [4.69, 9.17) is 9.47 Å². The van der Waals surface area contributed by atoms with Crippen LogP contribution in [0.4, 0.5) is 0 Å². The van der Waals surface area contributed by atoms with Crippen molar-refractivity contribution in [2.24, 2.45) is 0 Å². The Bertz CT molecular complexity index is 548. The maximum atomic E-state index is 6.02. The molecule has 2 aromatic rings. The SMILES string of the molecule is COCC1Cc2ccccc2Oc2ccccc21. The molecular formula is C16H16O2. The van der Waals surface area contributed by atoms with E-state index < -0.39 is 0 Å². The fourth-order valence-corrected chi connectivity index (χ4v) is 2.53. The molecule has 2 nitrogen and oxygen atoms in total. The average molecular weight is 240 g/mol. The molecule has 0 radical (unpaired) electrons. The third-order valence-corrected chi connectivity index (χ3v) is 3.39. The zero-order valence-corrected chi connectivity index (χ0v) is 10.4. The summed E-state index contributed by atoms with van der Waals surface area (Å²) in [5.74, 6) is 2.27. The van der Waals surface area contributed by atoms with Crippen LogP contribution in [0.15, 0.2) is 48.5 Å². The van der Waals surface area contributed by atoms with Crippen LogP contribution in [0.2, 0.25) is 0 Å².